The average molecular weight is 331 g/mol. The Morgan fingerprint density at radius 3 is 2.71 bits per heavy atom. The molecule has 1 saturated heterocycles. The Morgan fingerprint density at radius 1 is 1.48 bits per heavy atom. The summed E-state index contributed by atoms with van der Waals surface area (Å²) in [5.74, 6) is 1.63. The summed E-state index contributed by atoms with van der Waals surface area (Å²) in [4.78, 5) is 10.3. The Hall–Kier alpha value is -1.32. The predicted octanol–water partition coefficient (Wildman–Crippen LogP) is 1.76. The molecular weight excluding hydrogens is 314 g/mol. The van der Waals surface area contributed by atoms with Crippen molar-refractivity contribution < 1.29 is 13.3 Å². The van der Waals surface area contributed by atoms with Crippen LogP contribution in [0.3, 0.4) is 0 Å². The zero-order valence-corrected chi connectivity index (χ0v) is 13.4. The van der Waals surface area contributed by atoms with Crippen LogP contribution in [0.4, 0.5) is 11.4 Å². The van der Waals surface area contributed by atoms with E-state index < -0.39 is 20.6 Å². The molecule has 1 unspecified atom stereocenters. The molecule has 1 aliphatic heterocycles. The summed E-state index contributed by atoms with van der Waals surface area (Å²) in [6, 6.07) is 3.95. The SMILES string of the molecule is CNc1ccc(S(=O)(=O)N(C)C2CCSC2)c([N+](=O)[O-])c1. The Labute approximate surface area is 127 Å². The zero-order valence-electron chi connectivity index (χ0n) is 11.8. The van der Waals surface area contributed by atoms with Crippen LogP contribution in [0.1, 0.15) is 6.42 Å². The van der Waals surface area contributed by atoms with Crippen LogP contribution in [0.2, 0.25) is 0 Å². The number of hydrogen-bond acceptors (Lipinski definition) is 6. The molecule has 1 aromatic carbocycles. The monoisotopic (exact) mass is 331 g/mol. The molecule has 0 aromatic heterocycles. The number of sulfonamides is 1. The standard InChI is InChI=1S/C12H17N3O4S2/c1-13-9-3-4-12(11(7-9)15(16)17)21(18,19)14(2)10-5-6-20-8-10/h3-4,7,10,13H,5-6,8H2,1-2H3. The fourth-order valence-electron chi connectivity index (χ4n) is 2.19. The number of nitro groups is 1. The third-order valence-electron chi connectivity index (χ3n) is 3.52. The van der Waals surface area contributed by atoms with Crippen molar-refractivity contribution in [1.82, 2.24) is 4.31 Å². The molecule has 2 rings (SSSR count). The van der Waals surface area contributed by atoms with Gasteiger partial charge in [0, 0.05) is 37.6 Å². The van der Waals surface area contributed by atoms with Crippen LogP contribution in [0, 0.1) is 10.1 Å². The highest BCUT2D eigenvalue weighted by molar-refractivity contribution is 7.99. The lowest BCUT2D eigenvalue weighted by atomic mass is 10.3. The molecule has 1 heterocycles. The fourth-order valence-corrected chi connectivity index (χ4v) is 5.08. The van der Waals surface area contributed by atoms with Crippen LogP contribution in [-0.4, -0.2) is 49.3 Å². The van der Waals surface area contributed by atoms with E-state index in [1.807, 2.05) is 0 Å². The summed E-state index contributed by atoms with van der Waals surface area (Å²) in [6.07, 6.45) is 0.767. The van der Waals surface area contributed by atoms with Crippen LogP contribution in [-0.2, 0) is 10.0 Å². The van der Waals surface area contributed by atoms with Crippen LogP contribution in [0.5, 0.6) is 0 Å². The molecule has 21 heavy (non-hydrogen) atoms. The summed E-state index contributed by atoms with van der Waals surface area (Å²) >= 11 is 1.69. The summed E-state index contributed by atoms with van der Waals surface area (Å²) in [5.41, 5.74) is 0.0964. The molecule has 1 fully saturated rings. The Balaban J connectivity index is 2.46. The third kappa shape index (κ3) is 3.14. The number of hydrogen-bond donors (Lipinski definition) is 1. The van der Waals surface area contributed by atoms with E-state index in [-0.39, 0.29) is 10.9 Å². The Bertz CT molecular complexity index is 642. The first-order valence-corrected chi connectivity index (χ1v) is 8.99. The van der Waals surface area contributed by atoms with E-state index in [1.54, 1.807) is 18.8 Å². The van der Waals surface area contributed by atoms with E-state index in [4.69, 9.17) is 0 Å². The summed E-state index contributed by atoms with van der Waals surface area (Å²) in [5, 5.41) is 13.9. The van der Waals surface area contributed by atoms with Crippen molar-refractivity contribution in [3.8, 4) is 0 Å². The number of anilines is 1. The number of nitrogens with zero attached hydrogens (tertiary/aromatic N) is 2. The van der Waals surface area contributed by atoms with E-state index in [0.29, 0.717) is 5.69 Å². The summed E-state index contributed by atoms with van der Waals surface area (Å²) in [7, 11) is -0.765. The largest absolute Gasteiger partial charge is 0.388 e. The van der Waals surface area contributed by atoms with Gasteiger partial charge in [0.05, 0.1) is 4.92 Å². The highest BCUT2D eigenvalue weighted by atomic mass is 32.2. The Kier molecular flexibility index (Phi) is 4.74. The lowest BCUT2D eigenvalue weighted by molar-refractivity contribution is -0.387. The lowest BCUT2D eigenvalue weighted by Crippen LogP contribution is -2.37. The number of thioether (sulfide) groups is 1. The van der Waals surface area contributed by atoms with Gasteiger partial charge in [-0.25, -0.2) is 8.42 Å². The minimum Gasteiger partial charge on any atom is -0.388 e. The van der Waals surface area contributed by atoms with Crippen molar-refractivity contribution >= 4 is 33.2 Å². The maximum absolute atomic E-state index is 12.6. The third-order valence-corrected chi connectivity index (χ3v) is 6.62. The van der Waals surface area contributed by atoms with Gasteiger partial charge in [-0.15, -0.1) is 0 Å². The van der Waals surface area contributed by atoms with Crippen LogP contribution in [0.15, 0.2) is 23.1 Å². The minimum atomic E-state index is -3.87. The van der Waals surface area contributed by atoms with E-state index in [9.17, 15) is 18.5 Å². The molecule has 116 valence electrons. The average Bonchev–Trinajstić information content (AvgIpc) is 2.99. The van der Waals surface area contributed by atoms with E-state index >= 15 is 0 Å². The van der Waals surface area contributed by atoms with Crippen molar-refractivity contribution in [2.75, 3.05) is 30.9 Å². The maximum Gasteiger partial charge on any atom is 0.291 e. The van der Waals surface area contributed by atoms with Crippen LogP contribution < -0.4 is 5.32 Å². The highest BCUT2D eigenvalue weighted by Gasteiger charge is 2.34. The molecule has 9 heteroatoms. The van der Waals surface area contributed by atoms with Gasteiger partial charge < -0.3 is 5.32 Å². The summed E-state index contributed by atoms with van der Waals surface area (Å²) in [6.45, 7) is 0. The first-order valence-electron chi connectivity index (χ1n) is 6.40. The van der Waals surface area contributed by atoms with E-state index in [1.165, 1.54) is 29.6 Å². The molecule has 1 aromatic rings. The van der Waals surface area contributed by atoms with Gasteiger partial charge in [-0.1, -0.05) is 0 Å². The molecule has 7 nitrogen and oxygen atoms in total. The second kappa shape index (κ2) is 6.20. The molecule has 1 N–H and O–H groups in total. The van der Waals surface area contributed by atoms with E-state index in [0.717, 1.165) is 17.9 Å². The topological polar surface area (TPSA) is 92.6 Å². The van der Waals surface area contributed by atoms with Crippen LogP contribution >= 0.6 is 11.8 Å². The number of nitrogens with one attached hydrogen (secondary N) is 1. The second-order valence-electron chi connectivity index (χ2n) is 4.73. The number of benzene rings is 1. The van der Waals surface area contributed by atoms with Gasteiger partial charge in [-0.2, -0.15) is 16.1 Å². The smallest absolute Gasteiger partial charge is 0.291 e. The first kappa shape index (κ1) is 16.1. The molecule has 1 atom stereocenters. The van der Waals surface area contributed by atoms with Crippen molar-refractivity contribution in [2.45, 2.75) is 17.4 Å². The van der Waals surface area contributed by atoms with Crippen molar-refractivity contribution in [1.29, 1.82) is 0 Å². The van der Waals surface area contributed by atoms with E-state index in [2.05, 4.69) is 5.32 Å². The van der Waals surface area contributed by atoms with Gasteiger partial charge in [0.2, 0.25) is 10.0 Å². The molecule has 0 spiro atoms. The van der Waals surface area contributed by atoms with Gasteiger partial charge in [0.15, 0.2) is 4.90 Å². The van der Waals surface area contributed by atoms with Crippen molar-refractivity contribution in [3.63, 3.8) is 0 Å². The maximum atomic E-state index is 12.6. The van der Waals surface area contributed by atoms with Crippen molar-refractivity contribution in [2.24, 2.45) is 0 Å². The van der Waals surface area contributed by atoms with Crippen LogP contribution in [0.25, 0.3) is 0 Å². The highest BCUT2D eigenvalue weighted by Crippen LogP contribution is 2.32. The van der Waals surface area contributed by atoms with Gasteiger partial charge in [0.1, 0.15) is 0 Å². The molecule has 0 amide bonds. The number of rotatable bonds is 5. The fraction of sp³-hybridized carbons (Fsp3) is 0.500. The van der Waals surface area contributed by atoms with Gasteiger partial charge in [-0.3, -0.25) is 10.1 Å². The molecule has 0 radical (unpaired) electrons. The minimum absolute atomic E-state index is 0.108. The molecule has 0 bridgehead atoms. The molecule has 0 aliphatic carbocycles. The quantitative estimate of drug-likeness (QED) is 0.653. The number of nitro benzene ring substituents is 1. The molecule has 1 aliphatic rings. The van der Waals surface area contributed by atoms with Gasteiger partial charge >= 0.3 is 0 Å². The predicted molar refractivity (Wildman–Crippen MR) is 83.3 cm³/mol. The van der Waals surface area contributed by atoms with Gasteiger partial charge in [0.25, 0.3) is 5.69 Å². The van der Waals surface area contributed by atoms with Crippen molar-refractivity contribution in [3.05, 3.63) is 28.3 Å². The lowest BCUT2D eigenvalue weighted by Gasteiger charge is -2.23. The summed E-state index contributed by atoms with van der Waals surface area (Å²) < 4.78 is 26.5. The second-order valence-corrected chi connectivity index (χ2v) is 7.84. The Morgan fingerprint density at radius 2 is 2.19 bits per heavy atom. The normalized spacial score (nSPS) is 18.9. The first-order chi connectivity index (χ1) is 9.87. The molecule has 0 saturated carbocycles. The van der Waals surface area contributed by atoms with Gasteiger partial charge in [-0.05, 0) is 24.3 Å². The zero-order chi connectivity index (χ0) is 15.6. The molecular formula is C12H17N3O4S2.